The summed E-state index contributed by atoms with van der Waals surface area (Å²) in [6.45, 7) is 0. The second kappa shape index (κ2) is 8.42. The molecule has 1 heterocycles. The molecule has 2 rings (SSSR count). The molecule has 1 aromatic rings. The maximum Gasteiger partial charge on any atom is 0.700 e. The Morgan fingerprint density at radius 3 is 2.15 bits per heavy atom. The first-order valence-electron chi connectivity index (χ1n) is 7.20. The third-order valence-corrected chi connectivity index (χ3v) is 4.49. The maximum atomic E-state index is 12.4. The van der Waals surface area contributed by atoms with Crippen LogP contribution in [0.4, 0.5) is 0 Å². The largest absolute Gasteiger partial charge is 0.700 e. The Morgan fingerprint density at radius 1 is 1.22 bits per heavy atom. The predicted octanol–water partition coefficient (Wildman–Crippen LogP) is 0.0565. The summed E-state index contributed by atoms with van der Waals surface area (Å²) in [5.41, 5.74) is 0.00775. The number of carboxylic acid groups (broad SMARTS) is 1. The zero-order valence-electron chi connectivity index (χ0n) is 13.3. The first kappa shape index (κ1) is 21.4. The van der Waals surface area contributed by atoms with Crippen LogP contribution in [0.15, 0.2) is 24.3 Å². The summed E-state index contributed by atoms with van der Waals surface area (Å²) in [4.78, 5) is 63.2. The third kappa shape index (κ3) is 4.89. The van der Waals surface area contributed by atoms with Gasteiger partial charge in [-0.05, 0) is 18.6 Å². The molecule has 3 unspecified atom stereocenters. The summed E-state index contributed by atoms with van der Waals surface area (Å²) in [6.07, 6.45) is -1.55. The van der Waals surface area contributed by atoms with Crippen LogP contribution < -0.4 is 0 Å². The Hall–Kier alpha value is -1.88. The van der Waals surface area contributed by atoms with Crippen LogP contribution in [0.1, 0.15) is 33.6 Å². The van der Waals surface area contributed by atoms with Crippen molar-refractivity contribution < 1.29 is 52.9 Å². The Balaban J connectivity index is 2.23. The van der Waals surface area contributed by atoms with Gasteiger partial charge in [0.2, 0.25) is 0 Å². The van der Waals surface area contributed by atoms with Crippen molar-refractivity contribution in [1.82, 2.24) is 4.90 Å². The van der Waals surface area contributed by atoms with Gasteiger partial charge in [0.15, 0.2) is 0 Å². The summed E-state index contributed by atoms with van der Waals surface area (Å²) in [7, 11) is -6.70. The molecular formula is C13H14NO11P2+. The number of rotatable bonds is 9. The third-order valence-electron chi connectivity index (χ3n) is 3.60. The number of hydrogen-bond acceptors (Lipinski definition) is 9. The van der Waals surface area contributed by atoms with Gasteiger partial charge in [0.25, 0.3) is 11.8 Å². The Kier molecular flexibility index (Phi) is 6.68. The molecule has 0 aliphatic carbocycles. The summed E-state index contributed by atoms with van der Waals surface area (Å²) < 4.78 is 19.2. The Labute approximate surface area is 153 Å². The van der Waals surface area contributed by atoms with Crippen molar-refractivity contribution in [3.05, 3.63) is 35.4 Å². The average molecular weight is 422 g/mol. The van der Waals surface area contributed by atoms with E-state index >= 15 is 0 Å². The molecular weight excluding hydrogens is 408 g/mol. The summed E-state index contributed by atoms with van der Waals surface area (Å²) >= 11 is 0. The molecule has 0 fully saturated rings. The van der Waals surface area contributed by atoms with Gasteiger partial charge in [0.1, 0.15) is 6.04 Å². The summed E-state index contributed by atoms with van der Waals surface area (Å²) in [6, 6.07) is 3.89. The minimum Gasteiger partial charge on any atom is -0.480 e. The molecule has 14 heteroatoms. The zero-order valence-corrected chi connectivity index (χ0v) is 15.1. The lowest BCUT2D eigenvalue weighted by atomic mass is 10.1. The number of imide groups is 1. The second-order valence-corrected chi connectivity index (χ2v) is 6.65. The number of benzene rings is 1. The minimum atomic E-state index is -3.46. The molecule has 0 bridgehead atoms. The van der Waals surface area contributed by atoms with E-state index in [1.807, 2.05) is 0 Å². The van der Waals surface area contributed by atoms with Gasteiger partial charge >= 0.3 is 28.8 Å². The van der Waals surface area contributed by atoms with Crippen molar-refractivity contribution in [2.75, 3.05) is 0 Å². The van der Waals surface area contributed by atoms with Crippen LogP contribution in [0.25, 0.3) is 0 Å². The second-order valence-electron chi connectivity index (χ2n) is 5.30. The van der Waals surface area contributed by atoms with E-state index in [0.29, 0.717) is 4.90 Å². The summed E-state index contributed by atoms with van der Waals surface area (Å²) in [5, 5.41) is 19.4. The van der Waals surface area contributed by atoms with Crippen LogP contribution >= 0.6 is 16.9 Å². The lowest BCUT2D eigenvalue weighted by Gasteiger charge is -2.26. The minimum absolute atomic E-state index is 0.00388. The molecule has 0 radical (unpaired) electrons. The fraction of sp³-hybridized carbons (Fsp3) is 0.308. The number of carboxylic acids is 1. The molecule has 0 saturated carbocycles. The normalized spacial score (nSPS) is 17.7. The highest BCUT2D eigenvalue weighted by Crippen LogP contribution is 2.39. The molecule has 12 nitrogen and oxygen atoms in total. The number of carbonyl (C=O) groups is 3. The van der Waals surface area contributed by atoms with Crippen molar-refractivity contribution in [2.24, 2.45) is 0 Å². The number of amides is 2. The van der Waals surface area contributed by atoms with Gasteiger partial charge in [0.05, 0.1) is 11.1 Å². The van der Waals surface area contributed by atoms with Crippen LogP contribution in [0.2, 0.25) is 0 Å². The molecule has 1 aromatic carbocycles. The van der Waals surface area contributed by atoms with Crippen molar-refractivity contribution in [1.29, 1.82) is 0 Å². The Morgan fingerprint density at radius 2 is 1.74 bits per heavy atom. The van der Waals surface area contributed by atoms with Gasteiger partial charge < -0.3 is 20.0 Å². The van der Waals surface area contributed by atoms with Crippen LogP contribution in [0.3, 0.4) is 0 Å². The van der Waals surface area contributed by atoms with Gasteiger partial charge in [-0.1, -0.05) is 16.7 Å². The van der Waals surface area contributed by atoms with Gasteiger partial charge in [-0.25, -0.2) is 4.79 Å². The molecule has 0 aromatic heterocycles. The van der Waals surface area contributed by atoms with Gasteiger partial charge in [-0.15, -0.1) is 4.89 Å². The quantitative estimate of drug-likeness (QED) is 0.205. The van der Waals surface area contributed by atoms with Crippen molar-refractivity contribution >= 4 is 34.6 Å². The van der Waals surface area contributed by atoms with Crippen molar-refractivity contribution in [2.45, 2.75) is 24.9 Å². The van der Waals surface area contributed by atoms with Crippen LogP contribution in [0, 0.1) is 0 Å². The van der Waals surface area contributed by atoms with E-state index in [1.165, 1.54) is 24.3 Å². The molecule has 3 atom stereocenters. The number of hydrogen-bond donors (Lipinski definition) is 5. The molecule has 2 amide bonds. The molecule has 0 spiro atoms. The Bertz CT molecular complexity index is 750. The van der Waals surface area contributed by atoms with Crippen molar-refractivity contribution in [3.8, 4) is 0 Å². The van der Waals surface area contributed by atoms with E-state index in [-0.39, 0.29) is 11.1 Å². The molecule has 1 aliphatic rings. The maximum absolute atomic E-state index is 12.4. The number of nitrogens with zero attached hydrogens (tertiary/aromatic N) is 1. The standard InChI is InChI=1S/C13H13NO11P2/c15-10-7-3-1-2-4-8(7)11(16)14(10)9(12(17)18)5-6-13(19,24-26(20)21)25-27(22)23/h1-4,9,19-21H,5-6H2,(H-,17,18,22,23)/p+1. The first-order valence-corrected chi connectivity index (χ1v) is 9.49. The van der Waals surface area contributed by atoms with E-state index in [9.17, 15) is 29.2 Å². The molecule has 146 valence electrons. The van der Waals surface area contributed by atoms with Gasteiger partial charge in [0, 0.05) is 11.0 Å². The average Bonchev–Trinajstić information content (AvgIpc) is 2.79. The smallest absolute Gasteiger partial charge is 0.480 e. The monoisotopic (exact) mass is 422 g/mol. The van der Waals surface area contributed by atoms with E-state index in [0.717, 1.165) is 0 Å². The molecule has 1 aliphatic heterocycles. The lowest BCUT2D eigenvalue weighted by Crippen LogP contribution is -2.46. The van der Waals surface area contributed by atoms with E-state index < -0.39 is 59.5 Å². The molecule has 5 N–H and O–H groups in total. The number of aliphatic hydroxyl groups is 1. The number of fused-ring (bicyclic) bond motifs is 1. The topological polar surface area (TPSA) is 191 Å². The van der Waals surface area contributed by atoms with E-state index in [4.69, 9.17) is 14.7 Å². The SMILES string of the molecule is O=C(O)C(CCC(O)(OP(O)O)O[P+](=O)O)N1C(=O)c2ccccc2C1=O. The highest BCUT2D eigenvalue weighted by atomic mass is 31.2. The summed E-state index contributed by atoms with van der Waals surface area (Å²) in [5.74, 6) is -6.36. The van der Waals surface area contributed by atoms with Crippen LogP contribution in [0.5, 0.6) is 0 Å². The molecule has 0 saturated heterocycles. The fourth-order valence-electron chi connectivity index (χ4n) is 2.53. The van der Waals surface area contributed by atoms with Crippen LogP contribution in [-0.4, -0.2) is 59.6 Å². The fourth-order valence-corrected chi connectivity index (χ4v) is 3.35. The van der Waals surface area contributed by atoms with E-state index in [1.54, 1.807) is 0 Å². The van der Waals surface area contributed by atoms with Gasteiger partial charge in [-0.3, -0.25) is 19.0 Å². The number of aliphatic carboxylic acids is 1. The predicted molar refractivity (Wildman–Crippen MR) is 85.9 cm³/mol. The first-order chi connectivity index (χ1) is 12.6. The lowest BCUT2D eigenvalue weighted by molar-refractivity contribution is -0.280. The highest BCUT2D eigenvalue weighted by molar-refractivity contribution is 7.39. The van der Waals surface area contributed by atoms with Crippen LogP contribution in [-0.2, 0) is 18.4 Å². The highest BCUT2D eigenvalue weighted by Gasteiger charge is 2.47. The van der Waals surface area contributed by atoms with Crippen molar-refractivity contribution in [3.63, 3.8) is 0 Å². The number of carbonyl (C=O) groups excluding carboxylic acids is 2. The van der Waals surface area contributed by atoms with Gasteiger partial charge in [-0.2, -0.15) is 0 Å². The van der Waals surface area contributed by atoms with E-state index in [2.05, 4.69) is 9.05 Å². The zero-order chi connectivity index (χ0) is 20.4. The molecule has 27 heavy (non-hydrogen) atoms.